The topological polar surface area (TPSA) is 68.0 Å². The number of nitrogens with zero attached hydrogens (tertiary/aromatic N) is 2. The minimum absolute atomic E-state index is 0.224. The molecule has 0 aliphatic carbocycles. The Labute approximate surface area is 160 Å². The van der Waals surface area contributed by atoms with E-state index in [0.717, 1.165) is 15.7 Å². The van der Waals surface area contributed by atoms with Crippen molar-refractivity contribution in [1.29, 1.82) is 0 Å². The third-order valence-corrected chi connectivity index (χ3v) is 4.80. The molecule has 0 radical (unpaired) electrons. The highest BCUT2D eigenvalue weighted by atomic mass is 79.9. The van der Waals surface area contributed by atoms with Gasteiger partial charge in [0.25, 0.3) is 11.8 Å². The number of nitrogens with one attached hydrogen (secondary N) is 1. The Hall–Kier alpha value is -2.47. The number of hydrogen-bond acceptors (Lipinski definition) is 4. The molecule has 0 unspecified atom stereocenters. The summed E-state index contributed by atoms with van der Waals surface area (Å²) in [6.45, 7) is 8.00. The molecular weight excluding hydrogens is 394 g/mol. The summed E-state index contributed by atoms with van der Waals surface area (Å²) in [5, 5.41) is 6.97. The highest BCUT2D eigenvalue weighted by molar-refractivity contribution is 9.10. The van der Waals surface area contributed by atoms with E-state index in [4.69, 9.17) is 4.52 Å². The van der Waals surface area contributed by atoms with Crippen molar-refractivity contribution >= 4 is 27.5 Å². The van der Waals surface area contributed by atoms with Crippen LogP contribution in [0.5, 0.6) is 0 Å². The third-order valence-electron chi connectivity index (χ3n) is 3.91. The number of amides is 1. The Kier molecular flexibility index (Phi) is 4.96. The largest absolute Gasteiger partial charge is 0.334 e. The van der Waals surface area contributed by atoms with Crippen LogP contribution in [0.4, 0.5) is 5.69 Å². The molecule has 1 N–H and O–H groups in total. The molecule has 1 heterocycles. The average molecular weight is 414 g/mol. The van der Waals surface area contributed by atoms with Crippen LogP contribution < -0.4 is 5.32 Å². The molecule has 0 atom stereocenters. The Morgan fingerprint density at radius 3 is 2.54 bits per heavy atom. The number of benzene rings is 2. The Morgan fingerprint density at radius 1 is 1.15 bits per heavy atom. The second kappa shape index (κ2) is 7.03. The molecule has 0 spiro atoms. The summed E-state index contributed by atoms with van der Waals surface area (Å²) in [5.74, 6) is 0.719. The van der Waals surface area contributed by atoms with Crippen LogP contribution in [0.25, 0.3) is 11.5 Å². The molecule has 0 saturated carbocycles. The van der Waals surface area contributed by atoms with Gasteiger partial charge in [0.05, 0.1) is 11.1 Å². The SMILES string of the molecule is Cc1cc(NC(=O)c2ccccc2-c2nc(C(C)(C)C)no2)ccc1Br. The summed E-state index contributed by atoms with van der Waals surface area (Å²) in [4.78, 5) is 17.3. The van der Waals surface area contributed by atoms with Crippen LogP contribution in [-0.4, -0.2) is 16.0 Å². The molecule has 1 aromatic heterocycles. The second-order valence-electron chi connectivity index (χ2n) is 7.14. The molecule has 0 aliphatic heterocycles. The third kappa shape index (κ3) is 3.85. The lowest BCUT2D eigenvalue weighted by Crippen LogP contribution is -2.14. The van der Waals surface area contributed by atoms with Gasteiger partial charge in [-0.3, -0.25) is 4.79 Å². The standard InChI is InChI=1S/C20H20BrN3O2/c1-12-11-13(9-10-16(12)21)22-17(25)14-7-5-6-8-15(14)18-23-19(24-26-18)20(2,3)4/h5-11H,1-4H3,(H,22,25). The van der Waals surface area contributed by atoms with Crippen molar-refractivity contribution in [2.24, 2.45) is 0 Å². The fraction of sp³-hybridized carbons (Fsp3) is 0.250. The van der Waals surface area contributed by atoms with Crippen LogP contribution in [0.2, 0.25) is 0 Å². The van der Waals surface area contributed by atoms with Crippen molar-refractivity contribution in [3.05, 3.63) is 63.9 Å². The average Bonchev–Trinajstić information content (AvgIpc) is 3.08. The van der Waals surface area contributed by atoms with E-state index in [1.165, 1.54) is 0 Å². The van der Waals surface area contributed by atoms with Gasteiger partial charge in [-0.05, 0) is 42.8 Å². The van der Waals surface area contributed by atoms with Gasteiger partial charge in [-0.15, -0.1) is 0 Å². The molecule has 6 heteroatoms. The molecule has 3 aromatic rings. The molecule has 3 rings (SSSR count). The van der Waals surface area contributed by atoms with Gasteiger partial charge in [-0.1, -0.05) is 54.0 Å². The zero-order valence-electron chi connectivity index (χ0n) is 15.1. The number of aryl methyl sites for hydroxylation is 1. The van der Waals surface area contributed by atoms with Crippen molar-refractivity contribution in [2.75, 3.05) is 5.32 Å². The number of aromatic nitrogens is 2. The van der Waals surface area contributed by atoms with Gasteiger partial charge in [-0.2, -0.15) is 4.98 Å². The van der Waals surface area contributed by atoms with E-state index in [2.05, 4.69) is 31.4 Å². The van der Waals surface area contributed by atoms with Gasteiger partial charge in [0.15, 0.2) is 5.82 Å². The quantitative estimate of drug-likeness (QED) is 0.627. The van der Waals surface area contributed by atoms with E-state index in [1.807, 2.05) is 64.1 Å². The zero-order chi connectivity index (χ0) is 18.9. The van der Waals surface area contributed by atoms with E-state index in [1.54, 1.807) is 6.07 Å². The molecular formula is C20H20BrN3O2. The molecule has 0 saturated heterocycles. The Balaban J connectivity index is 1.92. The van der Waals surface area contributed by atoms with Gasteiger partial charge in [0, 0.05) is 15.6 Å². The summed E-state index contributed by atoms with van der Waals surface area (Å²) in [7, 11) is 0. The molecule has 2 aromatic carbocycles. The van der Waals surface area contributed by atoms with Crippen molar-refractivity contribution in [3.63, 3.8) is 0 Å². The van der Waals surface area contributed by atoms with Crippen molar-refractivity contribution in [1.82, 2.24) is 10.1 Å². The van der Waals surface area contributed by atoms with Crippen molar-refractivity contribution < 1.29 is 9.32 Å². The van der Waals surface area contributed by atoms with Crippen LogP contribution in [0, 0.1) is 6.92 Å². The molecule has 1 amide bonds. The molecule has 26 heavy (non-hydrogen) atoms. The van der Waals surface area contributed by atoms with Crippen LogP contribution in [0.15, 0.2) is 51.5 Å². The van der Waals surface area contributed by atoms with Crippen LogP contribution in [0.3, 0.4) is 0 Å². The summed E-state index contributed by atoms with van der Waals surface area (Å²) in [6, 6.07) is 12.9. The van der Waals surface area contributed by atoms with Crippen LogP contribution in [0.1, 0.15) is 42.5 Å². The number of hydrogen-bond donors (Lipinski definition) is 1. The molecule has 0 fully saturated rings. The number of halogens is 1. The summed E-state index contributed by atoms with van der Waals surface area (Å²) in [5.41, 5.74) is 2.64. The lowest BCUT2D eigenvalue weighted by Gasteiger charge is -2.11. The molecule has 134 valence electrons. The summed E-state index contributed by atoms with van der Waals surface area (Å²) < 4.78 is 6.40. The molecule has 5 nitrogen and oxygen atoms in total. The predicted octanol–water partition coefficient (Wildman–Crippen LogP) is 5.36. The van der Waals surface area contributed by atoms with Gasteiger partial charge in [0.1, 0.15) is 0 Å². The Morgan fingerprint density at radius 2 is 1.88 bits per heavy atom. The zero-order valence-corrected chi connectivity index (χ0v) is 16.7. The van der Waals surface area contributed by atoms with Crippen LogP contribution >= 0.6 is 15.9 Å². The van der Waals surface area contributed by atoms with Gasteiger partial charge in [-0.25, -0.2) is 0 Å². The molecule has 0 bridgehead atoms. The van der Waals surface area contributed by atoms with Gasteiger partial charge in [0.2, 0.25) is 0 Å². The van der Waals surface area contributed by atoms with E-state index in [-0.39, 0.29) is 11.3 Å². The van der Waals surface area contributed by atoms with Crippen molar-refractivity contribution in [3.8, 4) is 11.5 Å². The van der Waals surface area contributed by atoms with Gasteiger partial charge >= 0.3 is 0 Å². The minimum Gasteiger partial charge on any atom is -0.334 e. The lowest BCUT2D eigenvalue weighted by atomic mass is 9.96. The van der Waals surface area contributed by atoms with E-state index >= 15 is 0 Å². The first-order valence-electron chi connectivity index (χ1n) is 8.27. The first-order chi connectivity index (χ1) is 12.3. The lowest BCUT2D eigenvalue weighted by molar-refractivity contribution is 0.102. The maximum atomic E-state index is 12.8. The smallest absolute Gasteiger partial charge is 0.258 e. The fourth-order valence-electron chi connectivity index (χ4n) is 2.43. The minimum atomic E-state index is -0.228. The number of carbonyl (C=O) groups excluding carboxylic acids is 1. The maximum Gasteiger partial charge on any atom is 0.258 e. The number of rotatable bonds is 3. The number of anilines is 1. The fourth-order valence-corrected chi connectivity index (χ4v) is 2.67. The monoisotopic (exact) mass is 413 g/mol. The predicted molar refractivity (Wildman–Crippen MR) is 105 cm³/mol. The van der Waals surface area contributed by atoms with E-state index < -0.39 is 0 Å². The first-order valence-corrected chi connectivity index (χ1v) is 9.06. The number of carbonyl (C=O) groups is 1. The van der Waals surface area contributed by atoms with Crippen LogP contribution in [-0.2, 0) is 5.41 Å². The van der Waals surface area contributed by atoms with Crippen molar-refractivity contribution in [2.45, 2.75) is 33.1 Å². The molecule has 0 aliphatic rings. The normalized spacial score (nSPS) is 11.4. The highest BCUT2D eigenvalue weighted by Gasteiger charge is 2.23. The second-order valence-corrected chi connectivity index (χ2v) is 7.99. The Bertz CT molecular complexity index is 958. The highest BCUT2D eigenvalue weighted by Crippen LogP contribution is 2.27. The summed E-state index contributed by atoms with van der Waals surface area (Å²) >= 11 is 3.46. The summed E-state index contributed by atoms with van der Waals surface area (Å²) in [6.07, 6.45) is 0. The van der Waals surface area contributed by atoms with E-state index in [9.17, 15) is 4.79 Å². The van der Waals surface area contributed by atoms with Gasteiger partial charge < -0.3 is 9.84 Å². The first kappa shape index (κ1) is 18.3. The van der Waals surface area contributed by atoms with E-state index in [0.29, 0.717) is 22.8 Å². The maximum absolute atomic E-state index is 12.8.